The Morgan fingerprint density at radius 2 is 1.79 bits per heavy atom. The number of esters is 1. The molecule has 1 aliphatic rings. The molecule has 1 aliphatic heterocycles. The third-order valence-corrected chi connectivity index (χ3v) is 5.08. The van der Waals surface area contributed by atoms with Crippen molar-refractivity contribution in [1.29, 1.82) is 0 Å². The van der Waals surface area contributed by atoms with E-state index in [1.54, 1.807) is 6.92 Å². The van der Waals surface area contributed by atoms with Crippen LogP contribution in [0.3, 0.4) is 0 Å². The van der Waals surface area contributed by atoms with Crippen molar-refractivity contribution in [2.45, 2.75) is 45.8 Å². The molecule has 5 nitrogen and oxygen atoms in total. The molecule has 0 bridgehead atoms. The lowest BCUT2D eigenvalue weighted by atomic mass is 9.78. The lowest BCUT2D eigenvalue weighted by Crippen LogP contribution is -2.41. The molecule has 1 aromatic carbocycles. The topological polar surface area (TPSA) is 49.7 Å². The van der Waals surface area contributed by atoms with Crippen LogP contribution in [0.2, 0.25) is 0 Å². The van der Waals surface area contributed by atoms with Crippen LogP contribution >= 0.6 is 0 Å². The predicted octanol–water partition coefficient (Wildman–Crippen LogP) is 2.65. The number of carbonyl (C=O) groups excluding carboxylic acids is 1. The van der Waals surface area contributed by atoms with Gasteiger partial charge in [-0.2, -0.15) is 0 Å². The average molecular weight is 329 g/mol. The maximum absolute atomic E-state index is 12.1. The first-order chi connectivity index (χ1) is 11.2. The van der Waals surface area contributed by atoms with Gasteiger partial charge in [-0.1, -0.05) is 12.1 Å². The summed E-state index contributed by atoms with van der Waals surface area (Å²) < 4.78 is 19.2. The normalized spacial score (nSPS) is 19.0. The van der Waals surface area contributed by atoms with Crippen molar-refractivity contribution < 1.29 is 18.8 Å². The summed E-state index contributed by atoms with van der Waals surface area (Å²) in [4.78, 5) is 12.1. The van der Waals surface area contributed by atoms with Crippen LogP contribution in [0.4, 0.5) is 0 Å². The molecule has 0 saturated carbocycles. The second-order valence-corrected chi connectivity index (χ2v) is 7.22. The zero-order valence-corrected chi connectivity index (χ0v) is 15.2. The van der Waals surface area contributed by atoms with Crippen LogP contribution in [-0.4, -0.2) is 35.5 Å². The van der Waals surface area contributed by atoms with Crippen molar-refractivity contribution in [3.05, 3.63) is 30.0 Å². The third kappa shape index (κ3) is 2.64. The minimum Gasteiger partial charge on any atom is -0.461 e. The van der Waals surface area contributed by atoms with Crippen LogP contribution in [0.25, 0.3) is 10.9 Å². The average Bonchev–Trinajstić information content (AvgIpc) is 2.93. The Kier molecular flexibility index (Phi) is 4.01. The second-order valence-electron chi connectivity index (χ2n) is 7.22. The van der Waals surface area contributed by atoms with Gasteiger partial charge in [0, 0.05) is 18.0 Å². The van der Waals surface area contributed by atoms with Gasteiger partial charge in [-0.25, -0.2) is 4.79 Å². The number of hydrogen-bond donors (Lipinski definition) is 0. The van der Waals surface area contributed by atoms with E-state index in [0.29, 0.717) is 12.3 Å². The Morgan fingerprint density at radius 1 is 1.17 bits per heavy atom. The Hall–Kier alpha value is -1.79. The van der Waals surface area contributed by atoms with Crippen LogP contribution in [0.5, 0.6) is 0 Å². The molecule has 6 heteroatoms. The van der Waals surface area contributed by atoms with E-state index in [1.165, 1.54) is 0 Å². The number of hydrogen-bond acceptors (Lipinski definition) is 4. The van der Waals surface area contributed by atoms with Crippen molar-refractivity contribution in [3.8, 4) is 0 Å². The molecule has 1 aromatic heterocycles. The molecule has 3 rings (SSSR count). The molecule has 24 heavy (non-hydrogen) atoms. The van der Waals surface area contributed by atoms with Crippen molar-refractivity contribution in [1.82, 2.24) is 4.57 Å². The van der Waals surface area contributed by atoms with E-state index in [9.17, 15) is 4.79 Å². The van der Waals surface area contributed by atoms with Crippen LogP contribution in [0, 0.1) is 0 Å². The van der Waals surface area contributed by atoms with E-state index in [0.717, 1.165) is 16.4 Å². The van der Waals surface area contributed by atoms with Gasteiger partial charge in [-0.15, -0.1) is 0 Å². The Bertz CT molecular complexity index is 778. The quantitative estimate of drug-likeness (QED) is 0.642. The molecule has 0 radical (unpaired) electrons. The number of ether oxygens (including phenoxy) is 1. The molecule has 0 atom stereocenters. The van der Waals surface area contributed by atoms with Gasteiger partial charge in [-0.05, 0) is 52.2 Å². The molecule has 2 heterocycles. The molecule has 1 saturated heterocycles. The first-order valence-electron chi connectivity index (χ1n) is 8.28. The van der Waals surface area contributed by atoms with Crippen molar-refractivity contribution in [2.24, 2.45) is 7.05 Å². The molecule has 0 aliphatic carbocycles. The first kappa shape index (κ1) is 17.1. The summed E-state index contributed by atoms with van der Waals surface area (Å²) in [6.07, 6.45) is 0. The summed E-state index contributed by atoms with van der Waals surface area (Å²) in [6.45, 7) is 10.3. The van der Waals surface area contributed by atoms with Gasteiger partial charge in [-0.3, -0.25) is 0 Å². The monoisotopic (exact) mass is 329 g/mol. The second kappa shape index (κ2) is 5.64. The molecule has 0 spiro atoms. The maximum atomic E-state index is 12.1. The minimum absolute atomic E-state index is 0.312. The number of carbonyl (C=O) groups is 1. The smallest absolute Gasteiger partial charge is 0.461 e. The highest BCUT2D eigenvalue weighted by molar-refractivity contribution is 6.62. The van der Waals surface area contributed by atoms with Crippen molar-refractivity contribution in [2.75, 3.05) is 6.61 Å². The van der Waals surface area contributed by atoms with Gasteiger partial charge in [0.15, 0.2) is 0 Å². The number of fused-ring (bicyclic) bond motifs is 1. The van der Waals surface area contributed by atoms with Gasteiger partial charge >= 0.3 is 13.1 Å². The van der Waals surface area contributed by atoms with Crippen LogP contribution in [-0.2, 0) is 21.1 Å². The predicted molar refractivity (Wildman–Crippen MR) is 94.6 cm³/mol. The van der Waals surface area contributed by atoms with Crippen molar-refractivity contribution >= 4 is 29.5 Å². The van der Waals surface area contributed by atoms with Gasteiger partial charge in [0.2, 0.25) is 0 Å². The highest BCUT2D eigenvalue weighted by Gasteiger charge is 2.51. The largest absolute Gasteiger partial charge is 0.494 e. The van der Waals surface area contributed by atoms with Crippen LogP contribution in [0.1, 0.15) is 45.1 Å². The summed E-state index contributed by atoms with van der Waals surface area (Å²) in [5.41, 5.74) is 1.71. The van der Waals surface area contributed by atoms with E-state index in [1.807, 2.05) is 63.6 Å². The fraction of sp³-hybridized carbons (Fsp3) is 0.500. The molecule has 2 aromatic rings. The number of rotatable bonds is 3. The summed E-state index contributed by atoms with van der Waals surface area (Å²) in [5, 5.41) is 0.966. The Morgan fingerprint density at radius 3 is 2.38 bits per heavy atom. The standard InChI is InChI=1S/C18H24BNO4/c1-7-22-16(21)15-11-12-10-13(8-9-14(12)20(15)6)19-23-17(2,3)18(4,5)24-19/h8-11H,7H2,1-6H3. The van der Waals surface area contributed by atoms with E-state index < -0.39 is 7.12 Å². The highest BCUT2D eigenvalue weighted by atomic mass is 16.7. The van der Waals surface area contributed by atoms with Crippen LogP contribution < -0.4 is 5.46 Å². The number of aryl methyl sites for hydroxylation is 1. The lowest BCUT2D eigenvalue weighted by Gasteiger charge is -2.32. The van der Waals surface area contributed by atoms with Gasteiger partial charge in [0.25, 0.3) is 0 Å². The van der Waals surface area contributed by atoms with Gasteiger partial charge < -0.3 is 18.6 Å². The molecule has 0 N–H and O–H groups in total. The zero-order chi connectivity index (χ0) is 17.7. The van der Waals surface area contributed by atoms with Crippen LogP contribution in [0.15, 0.2) is 24.3 Å². The van der Waals surface area contributed by atoms with E-state index in [4.69, 9.17) is 14.0 Å². The Balaban J connectivity index is 1.97. The lowest BCUT2D eigenvalue weighted by molar-refractivity contribution is 0.00578. The molecule has 0 amide bonds. The highest BCUT2D eigenvalue weighted by Crippen LogP contribution is 2.36. The van der Waals surface area contributed by atoms with Gasteiger partial charge in [0.05, 0.1) is 17.8 Å². The number of nitrogens with zero attached hydrogens (tertiary/aromatic N) is 1. The van der Waals surface area contributed by atoms with Crippen molar-refractivity contribution in [3.63, 3.8) is 0 Å². The summed E-state index contributed by atoms with van der Waals surface area (Å²) in [6, 6.07) is 7.83. The molecular formula is C18H24BNO4. The minimum atomic E-state index is -0.411. The maximum Gasteiger partial charge on any atom is 0.494 e. The summed E-state index contributed by atoms with van der Waals surface area (Å²) in [7, 11) is 1.45. The first-order valence-corrected chi connectivity index (χ1v) is 8.28. The molecule has 0 unspecified atom stereocenters. The van der Waals surface area contributed by atoms with E-state index >= 15 is 0 Å². The summed E-state index contributed by atoms with van der Waals surface area (Å²) in [5.74, 6) is -0.312. The molecule has 1 fully saturated rings. The van der Waals surface area contributed by atoms with Gasteiger partial charge in [0.1, 0.15) is 5.69 Å². The summed E-state index contributed by atoms with van der Waals surface area (Å²) >= 11 is 0. The number of benzene rings is 1. The molecular weight excluding hydrogens is 305 g/mol. The fourth-order valence-electron chi connectivity index (χ4n) is 2.89. The fourth-order valence-corrected chi connectivity index (χ4v) is 2.89. The van der Waals surface area contributed by atoms with E-state index in [-0.39, 0.29) is 17.2 Å². The number of aromatic nitrogens is 1. The SMILES string of the molecule is CCOC(=O)c1cc2cc(B3OC(C)(C)C(C)(C)O3)ccc2n1C. The Labute approximate surface area is 143 Å². The van der Waals surface area contributed by atoms with E-state index in [2.05, 4.69) is 0 Å². The molecule has 128 valence electrons. The third-order valence-electron chi connectivity index (χ3n) is 5.08. The zero-order valence-electron chi connectivity index (χ0n) is 15.2.